The van der Waals surface area contributed by atoms with E-state index in [0.29, 0.717) is 0 Å². The summed E-state index contributed by atoms with van der Waals surface area (Å²) in [5.41, 5.74) is 1.78. The van der Waals surface area contributed by atoms with Crippen LogP contribution in [-0.2, 0) is 0 Å². The van der Waals surface area contributed by atoms with E-state index in [1.54, 1.807) is 5.57 Å². The zero-order chi connectivity index (χ0) is 9.42. The average Bonchev–Trinajstić information content (AvgIpc) is 2.60. The van der Waals surface area contributed by atoms with Gasteiger partial charge in [-0.1, -0.05) is 25.5 Å². The van der Waals surface area contributed by atoms with Gasteiger partial charge < -0.3 is 0 Å². The molecule has 2 bridgehead atoms. The van der Waals surface area contributed by atoms with Crippen molar-refractivity contribution >= 4 is 0 Å². The SMILES string of the molecule is C/C=C1\CC2CC(CC(C)C)C1C2. The first kappa shape index (κ1) is 9.30. The summed E-state index contributed by atoms with van der Waals surface area (Å²) in [5.74, 6) is 3.96. The van der Waals surface area contributed by atoms with Crippen molar-refractivity contribution in [3.8, 4) is 0 Å². The van der Waals surface area contributed by atoms with Crippen LogP contribution in [0.5, 0.6) is 0 Å². The van der Waals surface area contributed by atoms with E-state index < -0.39 is 0 Å². The average molecular weight is 178 g/mol. The Morgan fingerprint density at radius 3 is 2.69 bits per heavy atom. The summed E-state index contributed by atoms with van der Waals surface area (Å²) in [5, 5.41) is 0. The van der Waals surface area contributed by atoms with E-state index in [4.69, 9.17) is 0 Å². The number of hydrogen-bond acceptors (Lipinski definition) is 0. The standard InChI is InChI=1S/C13H22/c1-4-11-6-10-7-12(5-9(2)3)13(11)8-10/h4,9-10,12-13H,5-8H2,1-3H3/b11-4+. The van der Waals surface area contributed by atoms with Gasteiger partial charge in [0.25, 0.3) is 0 Å². The zero-order valence-corrected chi connectivity index (χ0v) is 9.22. The van der Waals surface area contributed by atoms with Crippen LogP contribution in [0.2, 0.25) is 0 Å². The van der Waals surface area contributed by atoms with E-state index in [1.807, 2.05) is 0 Å². The quantitative estimate of drug-likeness (QED) is 0.560. The summed E-state index contributed by atoms with van der Waals surface area (Å²) < 4.78 is 0. The van der Waals surface area contributed by atoms with Crippen molar-refractivity contribution in [1.82, 2.24) is 0 Å². The summed E-state index contributed by atoms with van der Waals surface area (Å²) in [6.07, 6.45) is 8.31. The van der Waals surface area contributed by atoms with Gasteiger partial charge in [-0.15, -0.1) is 0 Å². The molecule has 0 aromatic heterocycles. The van der Waals surface area contributed by atoms with Crippen molar-refractivity contribution < 1.29 is 0 Å². The Bertz CT molecular complexity index is 212. The highest BCUT2D eigenvalue weighted by Crippen LogP contribution is 2.53. The minimum Gasteiger partial charge on any atom is -0.0882 e. The summed E-state index contributed by atoms with van der Waals surface area (Å²) in [6.45, 7) is 6.95. The van der Waals surface area contributed by atoms with Gasteiger partial charge in [0.1, 0.15) is 0 Å². The van der Waals surface area contributed by atoms with Crippen LogP contribution in [0.25, 0.3) is 0 Å². The predicted octanol–water partition coefficient (Wildman–Crippen LogP) is 4.02. The molecule has 2 aliphatic rings. The lowest BCUT2D eigenvalue weighted by molar-refractivity contribution is 0.329. The molecule has 0 aromatic rings. The normalized spacial score (nSPS) is 40.9. The summed E-state index contributed by atoms with van der Waals surface area (Å²) in [6, 6.07) is 0. The highest BCUT2D eigenvalue weighted by Gasteiger charge is 2.42. The molecule has 3 unspecified atom stereocenters. The van der Waals surface area contributed by atoms with Crippen molar-refractivity contribution in [3.63, 3.8) is 0 Å². The van der Waals surface area contributed by atoms with Crippen LogP contribution in [0, 0.1) is 23.7 Å². The second kappa shape index (κ2) is 3.48. The predicted molar refractivity (Wildman–Crippen MR) is 57.5 cm³/mol. The van der Waals surface area contributed by atoms with Gasteiger partial charge in [-0.2, -0.15) is 0 Å². The summed E-state index contributed by atoms with van der Waals surface area (Å²) >= 11 is 0. The Morgan fingerprint density at radius 2 is 2.15 bits per heavy atom. The van der Waals surface area contributed by atoms with Crippen LogP contribution in [0.4, 0.5) is 0 Å². The lowest BCUT2D eigenvalue weighted by Gasteiger charge is -2.25. The molecule has 0 saturated heterocycles. The molecular weight excluding hydrogens is 156 g/mol. The van der Waals surface area contributed by atoms with Gasteiger partial charge in [-0.3, -0.25) is 0 Å². The largest absolute Gasteiger partial charge is 0.0882 e. The Morgan fingerprint density at radius 1 is 1.38 bits per heavy atom. The van der Waals surface area contributed by atoms with Crippen LogP contribution in [0.3, 0.4) is 0 Å². The lowest BCUT2D eigenvalue weighted by atomic mass is 9.80. The van der Waals surface area contributed by atoms with E-state index in [9.17, 15) is 0 Å². The van der Waals surface area contributed by atoms with Crippen molar-refractivity contribution in [2.75, 3.05) is 0 Å². The molecule has 0 amide bonds. The molecule has 74 valence electrons. The molecule has 3 atom stereocenters. The fourth-order valence-electron chi connectivity index (χ4n) is 3.54. The Hall–Kier alpha value is -0.260. The molecule has 2 saturated carbocycles. The monoisotopic (exact) mass is 178 g/mol. The van der Waals surface area contributed by atoms with Crippen molar-refractivity contribution in [3.05, 3.63) is 11.6 Å². The van der Waals surface area contributed by atoms with Crippen LogP contribution >= 0.6 is 0 Å². The second-order valence-corrected chi connectivity index (χ2v) is 5.40. The Labute approximate surface area is 82.4 Å². The Balaban J connectivity index is 2.02. The smallest absolute Gasteiger partial charge is 0.0172 e. The molecule has 2 aliphatic carbocycles. The lowest BCUT2D eigenvalue weighted by Crippen LogP contribution is -2.14. The molecule has 0 nitrogen and oxygen atoms in total. The van der Waals surface area contributed by atoms with Gasteiger partial charge in [0.05, 0.1) is 0 Å². The maximum absolute atomic E-state index is 2.39. The molecule has 0 aliphatic heterocycles. The van der Waals surface area contributed by atoms with E-state index in [-0.39, 0.29) is 0 Å². The molecule has 0 heterocycles. The molecular formula is C13H22. The van der Waals surface area contributed by atoms with E-state index >= 15 is 0 Å². The fraction of sp³-hybridized carbons (Fsp3) is 0.846. The number of fused-ring (bicyclic) bond motifs is 2. The van der Waals surface area contributed by atoms with Crippen molar-refractivity contribution in [1.29, 1.82) is 0 Å². The van der Waals surface area contributed by atoms with Gasteiger partial charge in [0.15, 0.2) is 0 Å². The van der Waals surface area contributed by atoms with E-state index in [0.717, 1.165) is 23.7 Å². The third-order valence-corrected chi connectivity index (χ3v) is 3.94. The number of rotatable bonds is 2. The maximum Gasteiger partial charge on any atom is -0.0172 e. The van der Waals surface area contributed by atoms with Gasteiger partial charge in [-0.05, 0) is 56.3 Å². The second-order valence-electron chi connectivity index (χ2n) is 5.40. The minimum atomic E-state index is 0.891. The third kappa shape index (κ3) is 1.68. The molecule has 0 spiro atoms. The Kier molecular flexibility index (Phi) is 2.49. The zero-order valence-electron chi connectivity index (χ0n) is 9.22. The first-order valence-corrected chi connectivity index (χ1v) is 5.85. The molecule has 0 aromatic carbocycles. The first-order chi connectivity index (χ1) is 6.20. The minimum absolute atomic E-state index is 0.891. The molecule has 2 fully saturated rings. The molecule has 0 radical (unpaired) electrons. The van der Waals surface area contributed by atoms with Gasteiger partial charge >= 0.3 is 0 Å². The molecule has 0 N–H and O–H groups in total. The first-order valence-electron chi connectivity index (χ1n) is 5.85. The number of hydrogen-bond donors (Lipinski definition) is 0. The van der Waals surface area contributed by atoms with Crippen LogP contribution in [0.1, 0.15) is 46.5 Å². The van der Waals surface area contributed by atoms with Crippen molar-refractivity contribution in [2.24, 2.45) is 23.7 Å². The molecule has 2 rings (SSSR count). The third-order valence-electron chi connectivity index (χ3n) is 3.94. The van der Waals surface area contributed by atoms with Gasteiger partial charge in [-0.25, -0.2) is 0 Å². The van der Waals surface area contributed by atoms with Crippen LogP contribution in [0.15, 0.2) is 11.6 Å². The molecule has 0 heteroatoms. The summed E-state index contributed by atoms with van der Waals surface area (Å²) in [4.78, 5) is 0. The van der Waals surface area contributed by atoms with E-state index in [2.05, 4.69) is 26.8 Å². The number of allylic oxidation sites excluding steroid dienone is 2. The molecule has 13 heavy (non-hydrogen) atoms. The highest BCUT2D eigenvalue weighted by atomic mass is 14.5. The fourth-order valence-corrected chi connectivity index (χ4v) is 3.54. The van der Waals surface area contributed by atoms with Crippen LogP contribution in [-0.4, -0.2) is 0 Å². The topological polar surface area (TPSA) is 0 Å². The van der Waals surface area contributed by atoms with Gasteiger partial charge in [0, 0.05) is 0 Å². The highest BCUT2D eigenvalue weighted by molar-refractivity contribution is 5.18. The van der Waals surface area contributed by atoms with Crippen LogP contribution < -0.4 is 0 Å². The summed E-state index contributed by atoms with van der Waals surface area (Å²) in [7, 11) is 0. The van der Waals surface area contributed by atoms with E-state index in [1.165, 1.54) is 25.7 Å². The van der Waals surface area contributed by atoms with Gasteiger partial charge in [0.2, 0.25) is 0 Å². The van der Waals surface area contributed by atoms with Crippen molar-refractivity contribution in [2.45, 2.75) is 46.5 Å². The maximum atomic E-state index is 2.39.